The third kappa shape index (κ3) is 3.90. The second kappa shape index (κ2) is 8.71. The zero-order chi connectivity index (χ0) is 25.7. The number of aromatic amines is 1. The minimum atomic E-state index is -1.57. The van der Waals surface area contributed by atoms with Crippen molar-refractivity contribution in [2.45, 2.75) is 57.7 Å². The number of carbonyl (C=O) groups excluding carboxylic acids is 4. The predicted octanol–water partition coefficient (Wildman–Crippen LogP) is 1.06. The van der Waals surface area contributed by atoms with Gasteiger partial charge in [-0.15, -0.1) is 0 Å². The number of nitrogens with one attached hydrogen (secondary N) is 2. The van der Waals surface area contributed by atoms with Crippen LogP contribution in [0, 0.1) is 5.92 Å². The number of amides is 5. The molecule has 0 aliphatic carbocycles. The summed E-state index contributed by atoms with van der Waals surface area (Å²) in [6.07, 6.45) is 0.0534. The number of nitrogens with zero attached hydrogens (tertiary/aromatic N) is 2. The largest absolute Gasteiger partial charge is 0.480 e. The van der Waals surface area contributed by atoms with Crippen molar-refractivity contribution in [1.82, 2.24) is 20.1 Å². The Hall–Kier alpha value is -3.89. The number of para-hydroxylation sites is 1. The van der Waals surface area contributed by atoms with Gasteiger partial charge in [-0.3, -0.25) is 14.4 Å². The fraction of sp³-hybridized carbons (Fsp3) is 0.458. The monoisotopic (exact) mass is 483 g/mol. The number of carbonyl (C=O) groups is 5. The van der Waals surface area contributed by atoms with Gasteiger partial charge in [0.05, 0.1) is 12.1 Å². The van der Waals surface area contributed by atoms with E-state index in [1.54, 1.807) is 6.92 Å². The first kappa shape index (κ1) is 24.2. The highest BCUT2D eigenvalue weighted by atomic mass is 16.4. The van der Waals surface area contributed by atoms with Gasteiger partial charge in [-0.2, -0.15) is 0 Å². The van der Waals surface area contributed by atoms with Crippen LogP contribution in [0.2, 0.25) is 0 Å². The summed E-state index contributed by atoms with van der Waals surface area (Å²) in [4.78, 5) is 69.3. The number of benzene rings is 1. The first-order valence-corrected chi connectivity index (χ1v) is 11.5. The van der Waals surface area contributed by atoms with Gasteiger partial charge in [0.1, 0.15) is 12.1 Å². The molecule has 11 nitrogen and oxygen atoms in total. The summed E-state index contributed by atoms with van der Waals surface area (Å²) < 4.78 is 0. The Morgan fingerprint density at radius 3 is 2.54 bits per heavy atom. The number of fused-ring (bicyclic) bond motifs is 5. The highest BCUT2D eigenvalue weighted by Gasteiger charge is 2.60. The maximum atomic E-state index is 13.9. The molecule has 35 heavy (non-hydrogen) atoms. The Labute approximate surface area is 201 Å². The van der Waals surface area contributed by atoms with Gasteiger partial charge in [0, 0.05) is 17.4 Å². The van der Waals surface area contributed by atoms with Gasteiger partial charge in [-0.05, 0) is 37.3 Å². The highest BCUT2D eigenvalue weighted by molar-refractivity contribution is 6.11. The molecule has 0 spiro atoms. The number of urea groups is 1. The minimum absolute atomic E-state index is 0.0974. The van der Waals surface area contributed by atoms with E-state index in [-0.39, 0.29) is 12.3 Å². The third-order valence-electron chi connectivity index (χ3n) is 6.83. The van der Waals surface area contributed by atoms with Crippen molar-refractivity contribution in [3.63, 3.8) is 0 Å². The van der Waals surface area contributed by atoms with Gasteiger partial charge in [0.25, 0.3) is 5.91 Å². The van der Waals surface area contributed by atoms with Crippen molar-refractivity contribution < 1.29 is 29.1 Å². The molecular formula is C24H29N5O6. The van der Waals surface area contributed by atoms with Crippen LogP contribution in [0.25, 0.3) is 10.9 Å². The molecule has 5 amide bonds. The topological polar surface area (TPSA) is 166 Å². The second-order valence-corrected chi connectivity index (χ2v) is 9.67. The lowest BCUT2D eigenvalue weighted by atomic mass is 9.86. The zero-order valence-corrected chi connectivity index (χ0v) is 19.8. The Morgan fingerprint density at radius 1 is 1.23 bits per heavy atom. The molecule has 4 rings (SSSR count). The average Bonchev–Trinajstić information content (AvgIpc) is 3.25. The molecule has 186 valence electrons. The predicted molar refractivity (Wildman–Crippen MR) is 125 cm³/mol. The first-order valence-electron chi connectivity index (χ1n) is 11.5. The number of hydrogen-bond donors (Lipinski definition) is 4. The van der Waals surface area contributed by atoms with E-state index in [1.807, 2.05) is 38.1 Å². The van der Waals surface area contributed by atoms with Crippen LogP contribution in [0.1, 0.15) is 44.9 Å². The van der Waals surface area contributed by atoms with Crippen molar-refractivity contribution in [2.75, 3.05) is 6.54 Å². The summed E-state index contributed by atoms with van der Waals surface area (Å²) in [5.41, 5.74) is 6.22. The lowest BCUT2D eigenvalue weighted by Crippen LogP contribution is -2.55. The average molecular weight is 484 g/mol. The van der Waals surface area contributed by atoms with E-state index >= 15 is 0 Å². The quantitative estimate of drug-likeness (QED) is 0.410. The first-order chi connectivity index (χ1) is 16.5. The van der Waals surface area contributed by atoms with Crippen molar-refractivity contribution in [3.05, 3.63) is 35.5 Å². The number of carboxylic acids is 1. The molecule has 2 aliphatic rings. The van der Waals surface area contributed by atoms with Crippen molar-refractivity contribution in [1.29, 1.82) is 0 Å². The smallest absolute Gasteiger partial charge is 0.328 e. The maximum absolute atomic E-state index is 13.9. The number of imide groups is 1. The maximum Gasteiger partial charge on any atom is 0.328 e. The van der Waals surface area contributed by atoms with Gasteiger partial charge < -0.3 is 26.0 Å². The van der Waals surface area contributed by atoms with Crippen LogP contribution >= 0.6 is 0 Å². The van der Waals surface area contributed by atoms with E-state index in [0.29, 0.717) is 18.7 Å². The molecule has 11 heteroatoms. The van der Waals surface area contributed by atoms with Gasteiger partial charge in [0.2, 0.25) is 11.8 Å². The van der Waals surface area contributed by atoms with Gasteiger partial charge >= 0.3 is 12.0 Å². The van der Waals surface area contributed by atoms with Gasteiger partial charge in [0.15, 0.2) is 5.54 Å². The number of H-pyrrole nitrogens is 1. The molecule has 3 atom stereocenters. The molecule has 1 saturated heterocycles. The van der Waals surface area contributed by atoms with E-state index in [4.69, 9.17) is 5.73 Å². The molecule has 1 aromatic heterocycles. The molecule has 0 saturated carbocycles. The summed E-state index contributed by atoms with van der Waals surface area (Å²) in [7, 11) is 0. The Kier molecular flexibility index (Phi) is 6.04. The van der Waals surface area contributed by atoms with Crippen LogP contribution in [0.5, 0.6) is 0 Å². The number of nitrogens with two attached hydrogens (primary N) is 1. The lowest BCUT2D eigenvalue weighted by molar-refractivity contribution is -0.145. The normalized spacial score (nSPS) is 21.1. The summed E-state index contributed by atoms with van der Waals surface area (Å²) in [5.74, 6) is -3.82. The van der Waals surface area contributed by atoms with E-state index in [1.165, 1.54) is 4.90 Å². The summed E-state index contributed by atoms with van der Waals surface area (Å²) >= 11 is 0. The molecule has 0 bridgehead atoms. The molecule has 1 fully saturated rings. The van der Waals surface area contributed by atoms with Crippen LogP contribution in [0.4, 0.5) is 4.79 Å². The van der Waals surface area contributed by atoms with Crippen LogP contribution < -0.4 is 11.1 Å². The van der Waals surface area contributed by atoms with E-state index in [9.17, 15) is 29.1 Å². The Balaban J connectivity index is 1.72. The number of aromatic nitrogens is 1. The Bertz CT molecular complexity index is 1240. The summed E-state index contributed by atoms with van der Waals surface area (Å²) in [6.45, 7) is 5.61. The van der Waals surface area contributed by atoms with Crippen LogP contribution in [0.3, 0.4) is 0 Å². The van der Waals surface area contributed by atoms with Crippen molar-refractivity contribution in [2.24, 2.45) is 11.7 Å². The fourth-order valence-electron chi connectivity index (χ4n) is 5.14. The zero-order valence-electron chi connectivity index (χ0n) is 19.8. The second-order valence-electron chi connectivity index (χ2n) is 9.67. The van der Waals surface area contributed by atoms with E-state index in [0.717, 1.165) is 21.4 Å². The van der Waals surface area contributed by atoms with Gasteiger partial charge in [-0.25, -0.2) is 14.5 Å². The number of carboxylic acid groups (broad SMARTS) is 1. The minimum Gasteiger partial charge on any atom is -0.480 e. The number of aliphatic carboxylic acids is 1. The fourth-order valence-corrected chi connectivity index (χ4v) is 5.14. The SMILES string of the molecule is CC(C)CC(C(=O)NC(CC(N)=O)C(=O)O)N1C(=O)N2CCc3c([nH]c4ccccc34)C2(C)C1=O. The summed E-state index contributed by atoms with van der Waals surface area (Å²) in [6, 6.07) is 4.23. The molecule has 2 aliphatic heterocycles. The lowest BCUT2D eigenvalue weighted by Gasteiger charge is -2.36. The molecule has 3 heterocycles. The number of hydrogen-bond acceptors (Lipinski definition) is 5. The number of primary amides is 1. The molecule has 3 unspecified atom stereocenters. The third-order valence-corrected chi connectivity index (χ3v) is 6.83. The van der Waals surface area contributed by atoms with Crippen molar-refractivity contribution in [3.8, 4) is 0 Å². The van der Waals surface area contributed by atoms with Crippen LogP contribution in [-0.2, 0) is 31.1 Å². The van der Waals surface area contributed by atoms with Crippen LogP contribution in [-0.4, -0.2) is 68.2 Å². The van der Waals surface area contributed by atoms with E-state index in [2.05, 4.69) is 10.3 Å². The van der Waals surface area contributed by atoms with Gasteiger partial charge in [-0.1, -0.05) is 32.0 Å². The Morgan fingerprint density at radius 2 is 1.91 bits per heavy atom. The molecule has 1 aromatic carbocycles. The molecule has 2 aromatic rings. The number of rotatable bonds is 8. The highest BCUT2D eigenvalue weighted by Crippen LogP contribution is 2.44. The van der Waals surface area contributed by atoms with Crippen molar-refractivity contribution >= 4 is 40.6 Å². The van der Waals surface area contributed by atoms with E-state index < -0.39 is 53.8 Å². The van der Waals surface area contributed by atoms with Crippen LogP contribution in [0.15, 0.2) is 24.3 Å². The molecule has 0 radical (unpaired) electrons. The molecule has 5 N–H and O–H groups in total. The molecular weight excluding hydrogens is 454 g/mol. The standard InChI is InChI=1S/C24H29N5O6/c1-12(2)10-17(20(31)27-16(21(32)33)11-18(25)30)29-22(34)24(3)19-14(8-9-28(24)23(29)35)13-6-4-5-7-15(13)26-19/h4-7,12,16-17,26H,8-11H2,1-3H3,(H2,25,30)(H,27,31)(H,32,33). The summed E-state index contributed by atoms with van der Waals surface area (Å²) in [5, 5.41) is 12.7.